The molecule has 1 atom stereocenters. The van der Waals surface area contributed by atoms with Crippen molar-refractivity contribution in [3.05, 3.63) is 47.8 Å². The van der Waals surface area contributed by atoms with Crippen LogP contribution in [0.15, 0.2) is 41.4 Å². The number of hydrazine groups is 1. The van der Waals surface area contributed by atoms with Gasteiger partial charge in [0.25, 0.3) is 0 Å². The van der Waals surface area contributed by atoms with Gasteiger partial charge in [-0.15, -0.1) is 11.8 Å². The second-order valence-electron chi connectivity index (χ2n) is 4.92. The topological polar surface area (TPSA) is 55.9 Å². The summed E-state index contributed by atoms with van der Waals surface area (Å²) < 4.78 is 1.92. The van der Waals surface area contributed by atoms with Gasteiger partial charge >= 0.3 is 0 Å². The number of thioether (sulfide) groups is 1. The predicted molar refractivity (Wildman–Crippen MR) is 84.5 cm³/mol. The summed E-state index contributed by atoms with van der Waals surface area (Å²) in [4.78, 5) is 1.33. The predicted octanol–water partition coefficient (Wildman–Crippen LogP) is 2.29. The summed E-state index contributed by atoms with van der Waals surface area (Å²) in [5.74, 6) is 6.64. The van der Waals surface area contributed by atoms with Crippen molar-refractivity contribution in [2.45, 2.75) is 30.7 Å². The van der Waals surface area contributed by atoms with Gasteiger partial charge in [-0.1, -0.05) is 18.2 Å². The third-order valence-electron chi connectivity index (χ3n) is 3.44. The lowest BCUT2D eigenvalue weighted by molar-refractivity contribution is 0.528. The molecule has 1 aromatic carbocycles. The van der Waals surface area contributed by atoms with Crippen LogP contribution in [-0.4, -0.2) is 21.6 Å². The van der Waals surface area contributed by atoms with Crippen molar-refractivity contribution in [2.24, 2.45) is 12.9 Å². The van der Waals surface area contributed by atoms with Gasteiger partial charge in [0.1, 0.15) is 0 Å². The lowest BCUT2D eigenvalue weighted by Crippen LogP contribution is -2.37. The molecule has 2 rings (SSSR count). The molecule has 5 heteroatoms. The Bertz CT molecular complexity index is 538. The van der Waals surface area contributed by atoms with Crippen LogP contribution < -0.4 is 11.3 Å². The Morgan fingerprint density at radius 2 is 2.15 bits per heavy atom. The zero-order chi connectivity index (χ0) is 14.4. The van der Waals surface area contributed by atoms with E-state index < -0.39 is 0 Å². The molecule has 0 fully saturated rings. The molecule has 1 heterocycles. The third-order valence-corrected chi connectivity index (χ3v) is 4.78. The molecule has 1 unspecified atom stereocenters. The zero-order valence-corrected chi connectivity index (χ0v) is 12.9. The molecule has 0 spiro atoms. The lowest BCUT2D eigenvalue weighted by Gasteiger charge is -2.16. The van der Waals surface area contributed by atoms with E-state index in [2.05, 4.69) is 47.8 Å². The number of aryl methyl sites for hydroxylation is 3. The van der Waals surface area contributed by atoms with E-state index in [-0.39, 0.29) is 0 Å². The van der Waals surface area contributed by atoms with Crippen LogP contribution in [0.3, 0.4) is 0 Å². The van der Waals surface area contributed by atoms with Crippen LogP contribution in [0.1, 0.15) is 17.7 Å². The van der Waals surface area contributed by atoms with E-state index >= 15 is 0 Å². The van der Waals surface area contributed by atoms with Gasteiger partial charge in [-0.25, -0.2) is 0 Å². The molecule has 0 aliphatic heterocycles. The number of hydrogen-bond donors (Lipinski definition) is 2. The van der Waals surface area contributed by atoms with Gasteiger partial charge in [-0.3, -0.25) is 16.0 Å². The first kappa shape index (κ1) is 15.1. The van der Waals surface area contributed by atoms with Crippen molar-refractivity contribution >= 4 is 11.8 Å². The Kier molecular flexibility index (Phi) is 5.64. The van der Waals surface area contributed by atoms with E-state index in [0.717, 1.165) is 18.6 Å². The quantitative estimate of drug-likeness (QED) is 0.467. The summed E-state index contributed by atoms with van der Waals surface area (Å²) >= 11 is 1.86. The molecule has 4 nitrogen and oxygen atoms in total. The largest absolute Gasteiger partial charge is 0.273 e. The van der Waals surface area contributed by atoms with Crippen molar-refractivity contribution in [3.63, 3.8) is 0 Å². The normalized spacial score (nSPS) is 12.6. The molecule has 0 radical (unpaired) electrons. The van der Waals surface area contributed by atoms with Crippen molar-refractivity contribution < 1.29 is 0 Å². The Morgan fingerprint density at radius 3 is 2.80 bits per heavy atom. The number of nitrogens with two attached hydrogens (primary N) is 1. The molecule has 3 N–H and O–H groups in total. The van der Waals surface area contributed by atoms with Crippen LogP contribution in [0.5, 0.6) is 0 Å². The third kappa shape index (κ3) is 4.10. The smallest absolute Gasteiger partial charge is 0.0492 e. The van der Waals surface area contributed by atoms with E-state index in [1.54, 1.807) is 0 Å². The van der Waals surface area contributed by atoms with Gasteiger partial charge in [-0.2, -0.15) is 5.10 Å². The second kappa shape index (κ2) is 7.47. The Morgan fingerprint density at radius 1 is 1.35 bits per heavy atom. The molecule has 0 amide bonds. The minimum Gasteiger partial charge on any atom is -0.273 e. The van der Waals surface area contributed by atoms with Gasteiger partial charge in [0.15, 0.2) is 0 Å². The summed E-state index contributed by atoms with van der Waals surface area (Å²) in [6, 6.07) is 10.8. The van der Waals surface area contributed by atoms with Crippen molar-refractivity contribution in [3.8, 4) is 0 Å². The van der Waals surface area contributed by atoms with Crippen molar-refractivity contribution in [1.29, 1.82) is 0 Å². The average molecular weight is 290 g/mol. The Labute approximate surface area is 124 Å². The molecule has 20 heavy (non-hydrogen) atoms. The van der Waals surface area contributed by atoms with Gasteiger partial charge in [0.05, 0.1) is 0 Å². The number of nitrogens with one attached hydrogen (secondary N) is 1. The standard InChI is InChI=1S/C15H22N4S/c1-12-5-3-4-6-15(12)20-11-13(18-16)7-8-14-9-10-17-19(14)2/h3-6,9-10,13,18H,7-8,11,16H2,1-2H3. The lowest BCUT2D eigenvalue weighted by atomic mass is 10.1. The van der Waals surface area contributed by atoms with Crippen LogP contribution in [0.25, 0.3) is 0 Å². The molecule has 0 aliphatic rings. The summed E-state index contributed by atoms with van der Waals surface area (Å²) in [5, 5.41) is 4.19. The number of benzene rings is 1. The highest BCUT2D eigenvalue weighted by Crippen LogP contribution is 2.23. The SMILES string of the molecule is Cc1ccccc1SCC(CCc1ccnn1C)NN. The zero-order valence-electron chi connectivity index (χ0n) is 12.0. The first-order valence-electron chi connectivity index (χ1n) is 6.82. The van der Waals surface area contributed by atoms with Crippen molar-refractivity contribution in [1.82, 2.24) is 15.2 Å². The fourth-order valence-corrected chi connectivity index (χ4v) is 3.21. The fourth-order valence-electron chi connectivity index (χ4n) is 2.09. The molecule has 108 valence electrons. The number of nitrogens with zero attached hydrogens (tertiary/aromatic N) is 2. The van der Waals surface area contributed by atoms with E-state index in [9.17, 15) is 0 Å². The maximum Gasteiger partial charge on any atom is 0.0492 e. The molecule has 0 saturated heterocycles. The molecule has 0 bridgehead atoms. The average Bonchev–Trinajstić information content (AvgIpc) is 2.86. The van der Waals surface area contributed by atoms with E-state index in [0.29, 0.717) is 6.04 Å². The first-order chi connectivity index (χ1) is 9.70. The second-order valence-corrected chi connectivity index (χ2v) is 5.99. The van der Waals surface area contributed by atoms with Crippen LogP contribution in [0, 0.1) is 6.92 Å². The minimum absolute atomic E-state index is 0.300. The van der Waals surface area contributed by atoms with Gasteiger partial charge in [-0.05, 0) is 37.5 Å². The summed E-state index contributed by atoms with van der Waals surface area (Å²) in [6.45, 7) is 2.14. The fraction of sp³-hybridized carbons (Fsp3) is 0.400. The Balaban J connectivity index is 1.84. The highest BCUT2D eigenvalue weighted by Gasteiger charge is 2.10. The Hall–Kier alpha value is -1.30. The number of aromatic nitrogens is 2. The van der Waals surface area contributed by atoms with Gasteiger partial charge < -0.3 is 0 Å². The molecule has 1 aromatic heterocycles. The highest BCUT2D eigenvalue weighted by atomic mass is 32.2. The molecule has 0 aliphatic carbocycles. The maximum absolute atomic E-state index is 5.67. The number of hydrogen-bond acceptors (Lipinski definition) is 4. The summed E-state index contributed by atoms with van der Waals surface area (Å²) in [6.07, 6.45) is 3.83. The highest BCUT2D eigenvalue weighted by molar-refractivity contribution is 7.99. The van der Waals surface area contributed by atoms with E-state index in [4.69, 9.17) is 5.84 Å². The molecule has 2 aromatic rings. The van der Waals surface area contributed by atoms with Crippen LogP contribution in [-0.2, 0) is 13.5 Å². The van der Waals surface area contributed by atoms with Crippen LogP contribution in [0.2, 0.25) is 0 Å². The monoisotopic (exact) mass is 290 g/mol. The van der Waals surface area contributed by atoms with Gasteiger partial charge in [0.2, 0.25) is 0 Å². The van der Waals surface area contributed by atoms with Crippen LogP contribution in [0.4, 0.5) is 0 Å². The summed E-state index contributed by atoms with van der Waals surface area (Å²) in [7, 11) is 1.97. The van der Waals surface area contributed by atoms with E-state index in [1.807, 2.05) is 29.7 Å². The van der Waals surface area contributed by atoms with E-state index in [1.165, 1.54) is 16.2 Å². The molecule has 0 saturated carbocycles. The maximum atomic E-state index is 5.67. The first-order valence-corrected chi connectivity index (χ1v) is 7.80. The van der Waals surface area contributed by atoms with Gasteiger partial charge in [0, 0.05) is 35.6 Å². The summed E-state index contributed by atoms with van der Waals surface area (Å²) in [5.41, 5.74) is 5.48. The van der Waals surface area contributed by atoms with Crippen molar-refractivity contribution in [2.75, 3.05) is 5.75 Å². The number of rotatable bonds is 7. The minimum atomic E-state index is 0.300. The molecular weight excluding hydrogens is 268 g/mol. The van der Waals surface area contributed by atoms with Crippen LogP contribution >= 0.6 is 11.8 Å². The molecular formula is C15H22N4S.